The molecule has 0 bridgehead atoms. The van der Waals surface area contributed by atoms with Gasteiger partial charge in [0.05, 0.1) is 24.4 Å². The van der Waals surface area contributed by atoms with Gasteiger partial charge in [-0.3, -0.25) is 9.97 Å². The van der Waals surface area contributed by atoms with Gasteiger partial charge in [-0.25, -0.2) is 4.79 Å². The summed E-state index contributed by atoms with van der Waals surface area (Å²) >= 11 is 5.73. The van der Waals surface area contributed by atoms with Gasteiger partial charge in [-0.2, -0.15) is 0 Å². The number of methoxy groups -OCH3 is 1. The van der Waals surface area contributed by atoms with Crippen LogP contribution < -0.4 is 5.32 Å². The lowest BCUT2D eigenvalue weighted by atomic mass is 10.0. The molecule has 0 aliphatic carbocycles. The van der Waals surface area contributed by atoms with Gasteiger partial charge >= 0.3 is 5.97 Å². The second kappa shape index (κ2) is 9.44. The van der Waals surface area contributed by atoms with E-state index in [9.17, 15) is 4.79 Å². The van der Waals surface area contributed by atoms with Crippen LogP contribution >= 0.6 is 12.2 Å². The Morgan fingerprint density at radius 3 is 2.65 bits per heavy atom. The normalized spacial score (nSPS) is 17.4. The third-order valence-corrected chi connectivity index (χ3v) is 6.13. The highest BCUT2D eigenvalue weighted by Crippen LogP contribution is 2.41. The molecule has 1 aromatic carbocycles. The van der Waals surface area contributed by atoms with Gasteiger partial charge in [0.1, 0.15) is 17.6 Å². The molecule has 1 aliphatic heterocycles. The van der Waals surface area contributed by atoms with Crippen molar-refractivity contribution in [2.75, 3.05) is 7.11 Å². The molecule has 3 aromatic heterocycles. The zero-order valence-electron chi connectivity index (χ0n) is 18.4. The fourth-order valence-electron chi connectivity index (χ4n) is 4.13. The lowest BCUT2D eigenvalue weighted by molar-refractivity contribution is 0.0600. The first kappa shape index (κ1) is 21.8. The van der Waals surface area contributed by atoms with Gasteiger partial charge < -0.3 is 19.4 Å². The minimum atomic E-state index is -0.374. The number of pyridine rings is 2. The standard InChI is InChI=1S/C26H22N4O3S/c1-32-25(31)19-9-7-18(8-10-19)21-11-12-22(33-21)24-23(20-6-2-3-14-28-20)29-26(34)30(24)16-17-5-4-13-27-15-17/h2-15,23-24H,16H2,1H3,(H,29,34). The molecule has 0 spiro atoms. The van der Waals surface area contributed by atoms with Gasteiger partial charge in [0.2, 0.25) is 0 Å². The summed E-state index contributed by atoms with van der Waals surface area (Å²) in [6.07, 6.45) is 5.37. The smallest absolute Gasteiger partial charge is 0.337 e. The van der Waals surface area contributed by atoms with Crippen LogP contribution in [-0.4, -0.2) is 33.1 Å². The summed E-state index contributed by atoms with van der Waals surface area (Å²) in [5.74, 6) is 1.09. The van der Waals surface area contributed by atoms with Crippen molar-refractivity contribution >= 4 is 23.3 Å². The van der Waals surface area contributed by atoms with Crippen LogP contribution in [0.15, 0.2) is 89.7 Å². The van der Waals surface area contributed by atoms with Crippen molar-refractivity contribution in [2.45, 2.75) is 18.6 Å². The molecule has 2 atom stereocenters. The number of nitrogens with zero attached hydrogens (tertiary/aromatic N) is 3. The maximum Gasteiger partial charge on any atom is 0.337 e. The Hall–Kier alpha value is -4.04. The van der Waals surface area contributed by atoms with Gasteiger partial charge in [-0.15, -0.1) is 0 Å². The summed E-state index contributed by atoms with van der Waals surface area (Å²) in [6.45, 7) is 0.581. The van der Waals surface area contributed by atoms with Crippen LogP contribution in [0.1, 0.15) is 39.5 Å². The van der Waals surface area contributed by atoms with Crippen molar-refractivity contribution < 1.29 is 13.9 Å². The number of ether oxygens (including phenoxy) is 1. The van der Waals surface area contributed by atoms with Crippen molar-refractivity contribution in [1.29, 1.82) is 0 Å². The molecule has 8 heteroatoms. The molecule has 4 aromatic rings. The number of benzene rings is 1. The molecular weight excluding hydrogens is 448 g/mol. The van der Waals surface area contributed by atoms with E-state index in [1.165, 1.54) is 7.11 Å². The molecule has 1 aliphatic rings. The summed E-state index contributed by atoms with van der Waals surface area (Å²) in [4.78, 5) is 22.7. The molecule has 0 radical (unpaired) electrons. The quantitative estimate of drug-likeness (QED) is 0.321. The molecule has 1 fully saturated rings. The number of nitrogens with one attached hydrogen (secondary N) is 1. The van der Waals surface area contributed by atoms with Gasteiger partial charge in [0, 0.05) is 30.7 Å². The van der Waals surface area contributed by atoms with Crippen LogP contribution in [0.3, 0.4) is 0 Å². The van der Waals surface area contributed by atoms with E-state index in [0.29, 0.717) is 23.0 Å². The van der Waals surface area contributed by atoms with E-state index in [2.05, 4.69) is 20.2 Å². The zero-order chi connectivity index (χ0) is 23.5. The number of hydrogen-bond acceptors (Lipinski definition) is 6. The summed E-state index contributed by atoms with van der Waals surface area (Å²) in [5, 5.41) is 4.06. The Balaban J connectivity index is 1.49. The number of aromatic nitrogens is 2. The number of hydrogen-bond donors (Lipinski definition) is 1. The van der Waals surface area contributed by atoms with Gasteiger partial charge in [-0.1, -0.05) is 24.3 Å². The van der Waals surface area contributed by atoms with Gasteiger partial charge in [0.15, 0.2) is 5.11 Å². The van der Waals surface area contributed by atoms with Crippen LogP contribution in [0.25, 0.3) is 11.3 Å². The minimum Gasteiger partial charge on any atom is -0.465 e. The number of rotatable bonds is 6. The highest BCUT2D eigenvalue weighted by molar-refractivity contribution is 7.80. The van der Waals surface area contributed by atoms with Crippen molar-refractivity contribution in [3.63, 3.8) is 0 Å². The fraction of sp³-hybridized carbons (Fsp3) is 0.154. The van der Waals surface area contributed by atoms with E-state index in [-0.39, 0.29) is 18.1 Å². The first-order chi connectivity index (χ1) is 16.6. The molecule has 4 heterocycles. The second-order valence-electron chi connectivity index (χ2n) is 7.89. The van der Waals surface area contributed by atoms with Crippen molar-refractivity contribution in [1.82, 2.24) is 20.2 Å². The predicted molar refractivity (Wildman–Crippen MR) is 131 cm³/mol. The average molecular weight is 471 g/mol. The van der Waals surface area contributed by atoms with Crippen LogP contribution in [0.5, 0.6) is 0 Å². The molecular formula is C26H22N4O3S. The highest BCUT2D eigenvalue weighted by Gasteiger charge is 2.41. The van der Waals surface area contributed by atoms with E-state index in [1.807, 2.05) is 60.8 Å². The monoisotopic (exact) mass is 470 g/mol. The Labute approximate surface area is 202 Å². The molecule has 0 amide bonds. The van der Waals surface area contributed by atoms with Crippen molar-refractivity contribution in [3.8, 4) is 11.3 Å². The number of esters is 1. The fourth-order valence-corrected chi connectivity index (χ4v) is 4.43. The largest absolute Gasteiger partial charge is 0.465 e. The minimum absolute atomic E-state index is 0.175. The average Bonchev–Trinajstić information content (AvgIpc) is 3.50. The Morgan fingerprint density at radius 2 is 1.94 bits per heavy atom. The van der Waals surface area contributed by atoms with Gasteiger partial charge in [-0.05, 0) is 60.2 Å². The highest BCUT2D eigenvalue weighted by atomic mass is 32.1. The molecule has 34 heavy (non-hydrogen) atoms. The molecule has 2 unspecified atom stereocenters. The number of carbonyl (C=O) groups is 1. The molecule has 7 nitrogen and oxygen atoms in total. The maximum absolute atomic E-state index is 11.7. The lowest BCUT2D eigenvalue weighted by Crippen LogP contribution is -2.29. The lowest BCUT2D eigenvalue weighted by Gasteiger charge is -2.26. The van der Waals surface area contributed by atoms with Crippen molar-refractivity contribution in [3.05, 3.63) is 108 Å². The van der Waals surface area contributed by atoms with Crippen molar-refractivity contribution in [2.24, 2.45) is 0 Å². The van der Waals surface area contributed by atoms with E-state index >= 15 is 0 Å². The van der Waals surface area contributed by atoms with Crippen LogP contribution in [-0.2, 0) is 11.3 Å². The molecule has 0 saturated carbocycles. The maximum atomic E-state index is 11.7. The number of carbonyl (C=O) groups excluding carboxylic acids is 1. The predicted octanol–water partition coefficient (Wildman–Crippen LogP) is 4.70. The Bertz CT molecular complexity index is 1290. The van der Waals surface area contributed by atoms with Crippen LogP contribution in [0.2, 0.25) is 0 Å². The summed E-state index contributed by atoms with van der Waals surface area (Å²) in [6, 6.07) is 20.4. The van der Waals surface area contributed by atoms with Gasteiger partial charge in [0.25, 0.3) is 0 Å². The van der Waals surface area contributed by atoms with E-state index in [0.717, 1.165) is 22.6 Å². The van der Waals surface area contributed by atoms with E-state index < -0.39 is 0 Å². The SMILES string of the molecule is COC(=O)c1ccc(-c2ccc(C3C(c4ccccn4)NC(=S)N3Cc3cccnc3)o2)cc1. The van der Waals surface area contributed by atoms with Crippen LogP contribution in [0, 0.1) is 0 Å². The first-order valence-electron chi connectivity index (χ1n) is 10.8. The number of furan rings is 1. The summed E-state index contributed by atoms with van der Waals surface area (Å²) in [7, 11) is 1.37. The first-order valence-corrected chi connectivity index (χ1v) is 11.2. The van der Waals surface area contributed by atoms with E-state index in [1.54, 1.807) is 24.5 Å². The molecule has 1 N–H and O–H groups in total. The second-order valence-corrected chi connectivity index (χ2v) is 8.27. The molecule has 5 rings (SSSR count). The zero-order valence-corrected chi connectivity index (χ0v) is 19.2. The third-order valence-electron chi connectivity index (χ3n) is 5.78. The summed E-state index contributed by atoms with van der Waals surface area (Å²) in [5.41, 5.74) is 3.27. The molecule has 170 valence electrons. The topological polar surface area (TPSA) is 80.5 Å². The Kier molecular flexibility index (Phi) is 6.05. The van der Waals surface area contributed by atoms with E-state index in [4.69, 9.17) is 21.4 Å². The Morgan fingerprint density at radius 1 is 1.09 bits per heavy atom. The third kappa shape index (κ3) is 4.27. The number of thiocarbonyl (C=S) groups is 1. The molecule has 1 saturated heterocycles. The summed E-state index contributed by atoms with van der Waals surface area (Å²) < 4.78 is 11.1. The van der Waals surface area contributed by atoms with Crippen LogP contribution in [0.4, 0.5) is 0 Å².